The van der Waals surface area contributed by atoms with Crippen molar-refractivity contribution in [2.45, 2.75) is 45.8 Å². The van der Waals surface area contributed by atoms with Crippen LogP contribution in [0.15, 0.2) is 47.0 Å². The Labute approximate surface area is 201 Å². The van der Waals surface area contributed by atoms with Crippen molar-refractivity contribution in [1.29, 1.82) is 0 Å². The summed E-state index contributed by atoms with van der Waals surface area (Å²) in [6.07, 6.45) is 4.25. The zero-order valence-electron chi connectivity index (χ0n) is 18.6. The lowest BCUT2D eigenvalue weighted by Crippen LogP contribution is -2.14. The molecule has 10 heteroatoms. The number of carbonyl (C=O) groups excluding carboxylic acids is 1. The second-order valence-corrected chi connectivity index (χ2v) is 8.47. The van der Waals surface area contributed by atoms with Crippen molar-refractivity contribution < 1.29 is 14.1 Å². The largest absolute Gasteiger partial charge is 0.485 e. The van der Waals surface area contributed by atoms with Gasteiger partial charge in [-0.15, -0.1) is 10.2 Å². The molecule has 1 aliphatic rings. The van der Waals surface area contributed by atoms with Crippen LogP contribution < -0.4 is 10.1 Å². The number of halogens is 1. The SMILES string of the molecule is Cc1nc(COc2ccccc2C(=O)Nc2ccc(Cl)c(-c3nnc4n3CCCCC4)c2)no1. The lowest BCUT2D eigenvalue weighted by Gasteiger charge is -2.13. The lowest BCUT2D eigenvalue weighted by atomic mass is 10.1. The van der Waals surface area contributed by atoms with Gasteiger partial charge >= 0.3 is 0 Å². The summed E-state index contributed by atoms with van der Waals surface area (Å²) in [7, 11) is 0. The zero-order valence-corrected chi connectivity index (χ0v) is 19.4. The molecule has 4 aromatic rings. The fourth-order valence-corrected chi connectivity index (χ4v) is 4.18. The summed E-state index contributed by atoms with van der Waals surface area (Å²) in [6, 6.07) is 12.3. The van der Waals surface area contributed by atoms with E-state index in [4.69, 9.17) is 20.9 Å². The van der Waals surface area contributed by atoms with Crippen LogP contribution in [0.5, 0.6) is 5.75 Å². The first kappa shape index (κ1) is 22.1. The number of nitrogens with zero attached hydrogens (tertiary/aromatic N) is 5. The molecule has 9 nitrogen and oxygen atoms in total. The first-order chi connectivity index (χ1) is 16.6. The predicted molar refractivity (Wildman–Crippen MR) is 126 cm³/mol. The van der Waals surface area contributed by atoms with Crippen molar-refractivity contribution in [3.8, 4) is 17.1 Å². The number of hydrogen-bond donors (Lipinski definition) is 1. The molecule has 2 aromatic heterocycles. The number of carbonyl (C=O) groups is 1. The Hall–Kier alpha value is -3.72. The third-order valence-electron chi connectivity index (χ3n) is 5.63. The molecule has 5 rings (SSSR count). The molecule has 0 saturated heterocycles. The quantitative estimate of drug-likeness (QED) is 0.422. The van der Waals surface area contributed by atoms with E-state index >= 15 is 0 Å². The monoisotopic (exact) mass is 478 g/mol. The Balaban J connectivity index is 1.37. The van der Waals surface area contributed by atoms with E-state index in [0.717, 1.165) is 43.0 Å². The fraction of sp³-hybridized carbons (Fsp3) is 0.292. The molecule has 174 valence electrons. The number of nitrogens with one attached hydrogen (secondary N) is 1. The lowest BCUT2D eigenvalue weighted by molar-refractivity contribution is 0.102. The second-order valence-electron chi connectivity index (χ2n) is 8.07. The molecule has 0 radical (unpaired) electrons. The van der Waals surface area contributed by atoms with Crippen molar-refractivity contribution in [2.24, 2.45) is 0 Å². The number of hydrogen-bond acceptors (Lipinski definition) is 7. The molecule has 0 atom stereocenters. The van der Waals surface area contributed by atoms with Crippen LogP contribution in [0, 0.1) is 6.92 Å². The number of benzene rings is 2. The fourth-order valence-electron chi connectivity index (χ4n) is 3.98. The summed E-state index contributed by atoms with van der Waals surface area (Å²) < 4.78 is 12.9. The van der Waals surface area contributed by atoms with E-state index in [0.29, 0.717) is 33.7 Å². The molecule has 1 N–H and O–H groups in total. The van der Waals surface area contributed by atoms with Crippen LogP contribution in [0.1, 0.15) is 47.2 Å². The average molecular weight is 479 g/mol. The Morgan fingerprint density at radius 1 is 1.18 bits per heavy atom. The maximum atomic E-state index is 13.1. The van der Waals surface area contributed by atoms with Gasteiger partial charge in [0.25, 0.3) is 5.91 Å². The normalized spacial score (nSPS) is 13.2. The van der Waals surface area contributed by atoms with Gasteiger partial charge < -0.3 is 19.1 Å². The molecule has 34 heavy (non-hydrogen) atoms. The van der Waals surface area contributed by atoms with Gasteiger partial charge in [-0.3, -0.25) is 4.79 Å². The molecule has 3 heterocycles. The van der Waals surface area contributed by atoms with Crippen molar-refractivity contribution >= 4 is 23.2 Å². The summed E-state index contributed by atoms with van der Waals surface area (Å²) in [4.78, 5) is 17.2. The Bertz CT molecular complexity index is 1330. The summed E-state index contributed by atoms with van der Waals surface area (Å²) in [5.41, 5.74) is 1.71. The van der Waals surface area contributed by atoms with Crippen LogP contribution in [-0.2, 0) is 19.6 Å². The number of aromatic nitrogens is 5. The summed E-state index contributed by atoms with van der Waals surface area (Å²) in [6.45, 7) is 2.65. The first-order valence-electron chi connectivity index (χ1n) is 11.1. The number of fused-ring (bicyclic) bond motifs is 1. The maximum absolute atomic E-state index is 13.1. The Kier molecular flexibility index (Phi) is 6.27. The van der Waals surface area contributed by atoms with Crippen molar-refractivity contribution in [2.75, 3.05) is 5.32 Å². The van der Waals surface area contributed by atoms with Crippen LogP contribution in [0.3, 0.4) is 0 Å². The van der Waals surface area contributed by atoms with E-state index in [9.17, 15) is 4.79 Å². The molecule has 1 amide bonds. The minimum absolute atomic E-state index is 0.0880. The van der Waals surface area contributed by atoms with Gasteiger partial charge in [-0.1, -0.05) is 35.3 Å². The van der Waals surface area contributed by atoms with Crippen LogP contribution in [0.25, 0.3) is 11.4 Å². The third kappa shape index (κ3) is 4.65. The highest BCUT2D eigenvalue weighted by Gasteiger charge is 2.19. The minimum Gasteiger partial charge on any atom is -0.485 e. The van der Waals surface area contributed by atoms with Crippen molar-refractivity contribution in [1.82, 2.24) is 24.9 Å². The van der Waals surface area contributed by atoms with Crippen LogP contribution in [-0.4, -0.2) is 30.8 Å². The number of amides is 1. The van der Waals surface area contributed by atoms with E-state index < -0.39 is 0 Å². The molecular weight excluding hydrogens is 456 g/mol. The van der Waals surface area contributed by atoms with Crippen LogP contribution in [0.4, 0.5) is 5.69 Å². The van der Waals surface area contributed by atoms with Gasteiger partial charge in [-0.25, -0.2) is 0 Å². The van der Waals surface area contributed by atoms with E-state index in [1.54, 1.807) is 43.3 Å². The highest BCUT2D eigenvalue weighted by molar-refractivity contribution is 6.33. The second kappa shape index (κ2) is 9.64. The Morgan fingerprint density at radius 2 is 2.06 bits per heavy atom. The van der Waals surface area contributed by atoms with E-state index in [1.165, 1.54) is 6.42 Å². The predicted octanol–water partition coefficient (Wildman–Crippen LogP) is 4.85. The summed E-state index contributed by atoms with van der Waals surface area (Å²) >= 11 is 6.52. The van der Waals surface area contributed by atoms with E-state index in [1.807, 2.05) is 6.07 Å². The van der Waals surface area contributed by atoms with Gasteiger partial charge in [0.05, 0.1) is 10.6 Å². The van der Waals surface area contributed by atoms with Gasteiger partial charge in [0.15, 0.2) is 12.4 Å². The number of anilines is 1. The van der Waals surface area contributed by atoms with E-state index in [2.05, 4.69) is 30.2 Å². The smallest absolute Gasteiger partial charge is 0.259 e. The first-order valence-corrected chi connectivity index (χ1v) is 11.5. The van der Waals surface area contributed by atoms with Gasteiger partial charge in [0.1, 0.15) is 11.6 Å². The molecule has 0 unspecified atom stereocenters. The Morgan fingerprint density at radius 3 is 2.91 bits per heavy atom. The highest BCUT2D eigenvalue weighted by Crippen LogP contribution is 2.32. The van der Waals surface area contributed by atoms with E-state index in [-0.39, 0.29) is 12.5 Å². The van der Waals surface area contributed by atoms with Crippen molar-refractivity contribution in [3.63, 3.8) is 0 Å². The third-order valence-corrected chi connectivity index (χ3v) is 5.96. The molecule has 0 spiro atoms. The zero-order chi connectivity index (χ0) is 23.5. The van der Waals surface area contributed by atoms with Crippen molar-refractivity contribution in [3.05, 3.63) is 70.6 Å². The summed E-state index contributed by atoms with van der Waals surface area (Å²) in [5, 5.41) is 16.1. The summed E-state index contributed by atoms with van der Waals surface area (Å²) in [5.74, 6) is 2.65. The number of aryl methyl sites for hydroxylation is 2. The molecule has 0 saturated carbocycles. The topological polar surface area (TPSA) is 108 Å². The standard InChI is InChI=1S/C24H23ClN6O3/c1-15-26-21(30-34-15)14-33-20-8-5-4-7-17(20)24(32)27-16-10-11-19(25)18(13-16)23-29-28-22-9-3-2-6-12-31(22)23/h4-5,7-8,10-11,13H,2-3,6,9,12,14H2,1H3,(H,27,32). The molecule has 0 fully saturated rings. The minimum atomic E-state index is -0.312. The van der Waals surface area contributed by atoms with Gasteiger partial charge in [-0.05, 0) is 43.2 Å². The molecule has 0 bridgehead atoms. The van der Waals surface area contributed by atoms with Crippen LogP contribution >= 0.6 is 11.6 Å². The highest BCUT2D eigenvalue weighted by atomic mass is 35.5. The number of rotatable bonds is 6. The molecule has 2 aromatic carbocycles. The molecule has 1 aliphatic heterocycles. The van der Waals surface area contributed by atoms with Gasteiger partial charge in [-0.2, -0.15) is 4.98 Å². The van der Waals surface area contributed by atoms with Gasteiger partial charge in [0, 0.05) is 31.1 Å². The number of para-hydroxylation sites is 1. The molecular formula is C24H23ClN6O3. The maximum Gasteiger partial charge on any atom is 0.259 e. The van der Waals surface area contributed by atoms with Gasteiger partial charge in [0.2, 0.25) is 11.7 Å². The molecule has 0 aliphatic carbocycles. The average Bonchev–Trinajstić information content (AvgIpc) is 3.37. The van der Waals surface area contributed by atoms with Crippen LogP contribution in [0.2, 0.25) is 5.02 Å². The number of ether oxygens (including phenoxy) is 1.